The average Bonchev–Trinajstić information content (AvgIpc) is 3.11. The predicted octanol–water partition coefficient (Wildman–Crippen LogP) is 4.74. The number of nitrogens with one attached hydrogen (secondary N) is 2. The van der Waals surface area contributed by atoms with Crippen molar-refractivity contribution in [2.45, 2.75) is 45.6 Å². The second-order valence-corrected chi connectivity index (χ2v) is 8.87. The van der Waals surface area contributed by atoms with Crippen LogP contribution in [0.15, 0.2) is 39.7 Å². The summed E-state index contributed by atoms with van der Waals surface area (Å²) in [5.74, 6) is -0.0532. The van der Waals surface area contributed by atoms with Crippen molar-refractivity contribution in [3.63, 3.8) is 0 Å². The molecule has 25 heavy (non-hydrogen) atoms. The molecule has 2 N–H and O–H groups in total. The van der Waals surface area contributed by atoms with E-state index in [2.05, 4.69) is 56.9 Å². The van der Waals surface area contributed by atoms with E-state index in [1.807, 2.05) is 23.8 Å². The fourth-order valence-corrected chi connectivity index (χ4v) is 3.74. The van der Waals surface area contributed by atoms with Crippen molar-refractivity contribution in [2.24, 2.45) is 0 Å². The summed E-state index contributed by atoms with van der Waals surface area (Å²) in [5.41, 5.74) is 3.10. The predicted molar refractivity (Wildman–Crippen MR) is 106 cm³/mol. The first-order valence-electron chi connectivity index (χ1n) is 8.38. The highest BCUT2D eigenvalue weighted by atomic mass is 79.9. The van der Waals surface area contributed by atoms with Gasteiger partial charge in [0.15, 0.2) is 5.13 Å². The Hall–Kier alpha value is -1.60. The SMILES string of the molecule is CC(C)(C)n1ccc(C(=O)NCC(Nc2nc(Br)cs2)=C2CCC2)c1. The summed E-state index contributed by atoms with van der Waals surface area (Å²) in [6.07, 6.45) is 7.24. The van der Waals surface area contributed by atoms with Crippen molar-refractivity contribution < 1.29 is 4.79 Å². The van der Waals surface area contributed by atoms with Crippen LogP contribution in [0.3, 0.4) is 0 Å². The molecule has 2 aromatic heterocycles. The van der Waals surface area contributed by atoms with Gasteiger partial charge in [-0.15, -0.1) is 11.3 Å². The molecular formula is C18H23BrN4OS. The number of aromatic nitrogens is 2. The molecule has 0 aromatic carbocycles. The smallest absolute Gasteiger partial charge is 0.253 e. The van der Waals surface area contributed by atoms with Crippen molar-refractivity contribution in [3.05, 3.63) is 45.3 Å². The number of carbonyl (C=O) groups is 1. The van der Waals surface area contributed by atoms with Crippen molar-refractivity contribution in [2.75, 3.05) is 11.9 Å². The van der Waals surface area contributed by atoms with Crippen LogP contribution >= 0.6 is 27.3 Å². The van der Waals surface area contributed by atoms with Gasteiger partial charge < -0.3 is 15.2 Å². The van der Waals surface area contributed by atoms with E-state index in [0.717, 1.165) is 28.3 Å². The monoisotopic (exact) mass is 422 g/mol. The number of hydrogen-bond acceptors (Lipinski definition) is 4. The van der Waals surface area contributed by atoms with Gasteiger partial charge in [0.25, 0.3) is 5.91 Å². The number of halogens is 1. The summed E-state index contributed by atoms with van der Waals surface area (Å²) < 4.78 is 2.88. The molecule has 2 heterocycles. The van der Waals surface area contributed by atoms with Gasteiger partial charge in [0.1, 0.15) is 4.60 Å². The summed E-state index contributed by atoms with van der Waals surface area (Å²) in [7, 11) is 0. The number of anilines is 1. The van der Waals surface area contributed by atoms with Crippen LogP contribution in [0.5, 0.6) is 0 Å². The molecule has 1 aliphatic carbocycles. The lowest BCUT2D eigenvalue weighted by atomic mass is 9.90. The summed E-state index contributed by atoms with van der Waals surface area (Å²) in [5, 5.41) is 9.19. The van der Waals surface area contributed by atoms with Gasteiger partial charge in [-0.1, -0.05) is 0 Å². The Bertz CT molecular complexity index is 794. The lowest BCUT2D eigenvalue weighted by molar-refractivity contribution is 0.0957. The molecule has 1 amide bonds. The highest BCUT2D eigenvalue weighted by molar-refractivity contribution is 9.10. The van der Waals surface area contributed by atoms with E-state index < -0.39 is 0 Å². The molecule has 0 radical (unpaired) electrons. The van der Waals surface area contributed by atoms with E-state index in [1.54, 1.807) is 11.3 Å². The fourth-order valence-electron chi connectivity index (χ4n) is 2.57. The Balaban J connectivity index is 1.65. The second kappa shape index (κ2) is 7.33. The first-order valence-corrected chi connectivity index (χ1v) is 10.1. The first-order chi connectivity index (χ1) is 11.8. The van der Waals surface area contributed by atoms with Gasteiger partial charge in [-0.05, 0) is 67.6 Å². The summed E-state index contributed by atoms with van der Waals surface area (Å²) in [4.78, 5) is 16.9. The molecular weight excluding hydrogens is 400 g/mol. The summed E-state index contributed by atoms with van der Waals surface area (Å²) in [6, 6.07) is 1.86. The van der Waals surface area contributed by atoms with Gasteiger partial charge in [0.2, 0.25) is 0 Å². The first kappa shape index (κ1) is 18.2. The minimum absolute atomic E-state index is 0.0304. The molecule has 1 fully saturated rings. The molecule has 0 unspecified atom stereocenters. The zero-order valence-electron chi connectivity index (χ0n) is 14.7. The molecule has 1 saturated carbocycles. The van der Waals surface area contributed by atoms with Crippen LogP contribution in [0.25, 0.3) is 0 Å². The van der Waals surface area contributed by atoms with E-state index in [0.29, 0.717) is 12.1 Å². The van der Waals surface area contributed by atoms with E-state index in [1.165, 1.54) is 12.0 Å². The number of hydrogen-bond donors (Lipinski definition) is 2. The van der Waals surface area contributed by atoms with E-state index in [-0.39, 0.29) is 11.4 Å². The van der Waals surface area contributed by atoms with Gasteiger partial charge in [-0.3, -0.25) is 4.79 Å². The van der Waals surface area contributed by atoms with Crippen molar-refractivity contribution in [1.82, 2.24) is 14.9 Å². The Morgan fingerprint density at radius 3 is 2.68 bits per heavy atom. The minimum atomic E-state index is -0.0532. The number of carbonyl (C=O) groups excluding carboxylic acids is 1. The van der Waals surface area contributed by atoms with Gasteiger partial charge in [0, 0.05) is 29.0 Å². The molecule has 0 atom stereocenters. The maximum Gasteiger partial charge on any atom is 0.253 e. The molecule has 0 spiro atoms. The third kappa shape index (κ3) is 4.52. The summed E-state index contributed by atoms with van der Waals surface area (Å²) >= 11 is 4.92. The van der Waals surface area contributed by atoms with Crippen LogP contribution in [0, 0.1) is 0 Å². The zero-order chi connectivity index (χ0) is 18.0. The molecule has 1 aliphatic rings. The maximum absolute atomic E-state index is 12.5. The topological polar surface area (TPSA) is 59.0 Å². The molecule has 0 aliphatic heterocycles. The Morgan fingerprint density at radius 2 is 2.16 bits per heavy atom. The van der Waals surface area contributed by atoms with Crippen LogP contribution in [0.2, 0.25) is 0 Å². The molecule has 5 nitrogen and oxygen atoms in total. The van der Waals surface area contributed by atoms with Crippen molar-refractivity contribution in [1.29, 1.82) is 0 Å². The Labute approximate surface area is 160 Å². The highest BCUT2D eigenvalue weighted by Gasteiger charge is 2.18. The van der Waals surface area contributed by atoms with Crippen LogP contribution in [-0.2, 0) is 5.54 Å². The number of nitrogens with zero attached hydrogens (tertiary/aromatic N) is 2. The molecule has 2 aromatic rings. The van der Waals surface area contributed by atoms with Gasteiger partial charge in [-0.2, -0.15) is 0 Å². The lowest BCUT2D eigenvalue weighted by Crippen LogP contribution is -2.29. The largest absolute Gasteiger partial charge is 0.348 e. The number of rotatable bonds is 5. The normalized spacial score (nSPS) is 14.2. The fraction of sp³-hybridized carbons (Fsp3) is 0.444. The van der Waals surface area contributed by atoms with E-state index >= 15 is 0 Å². The average molecular weight is 423 g/mol. The van der Waals surface area contributed by atoms with Crippen LogP contribution in [0.1, 0.15) is 50.4 Å². The number of allylic oxidation sites excluding steroid dienone is 1. The third-order valence-corrected chi connectivity index (χ3v) is 5.74. The minimum Gasteiger partial charge on any atom is -0.348 e. The second-order valence-electron chi connectivity index (χ2n) is 7.20. The standard InChI is InChI=1S/C18H23BrN4OS/c1-18(2,3)23-8-7-13(10-23)16(24)20-9-14(12-5-4-6-12)21-17-22-15(19)11-25-17/h7-8,10-11H,4-6,9H2,1-3H3,(H,20,24)(H,21,22). The summed E-state index contributed by atoms with van der Waals surface area (Å²) in [6.45, 7) is 6.84. The molecule has 0 bridgehead atoms. The third-order valence-electron chi connectivity index (χ3n) is 4.27. The van der Waals surface area contributed by atoms with Crippen LogP contribution in [-0.4, -0.2) is 22.0 Å². The highest BCUT2D eigenvalue weighted by Crippen LogP contribution is 2.30. The lowest BCUT2D eigenvalue weighted by Gasteiger charge is -2.23. The molecule has 0 saturated heterocycles. The molecule has 134 valence electrons. The van der Waals surface area contributed by atoms with Crippen LogP contribution < -0.4 is 10.6 Å². The van der Waals surface area contributed by atoms with Crippen molar-refractivity contribution >= 4 is 38.3 Å². The Kier molecular flexibility index (Phi) is 5.34. The molecule has 7 heteroatoms. The Morgan fingerprint density at radius 1 is 1.40 bits per heavy atom. The quantitative estimate of drug-likeness (QED) is 0.730. The van der Waals surface area contributed by atoms with Gasteiger partial charge >= 0.3 is 0 Å². The number of amides is 1. The van der Waals surface area contributed by atoms with E-state index in [4.69, 9.17) is 0 Å². The van der Waals surface area contributed by atoms with Gasteiger partial charge in [0.05, 0.1) is 12.1 Å². The van der Waals surface area contributed by atoms with Crippen molar-refractivity contribution in [3.8, 4) is 0 Å². The van der Waals surface area contributed by atoms with Gasteiger partial charge in [-0.25, -0.2) is 4.98 Å². The zero-order valence-corrected chi connectivity index (χ0v) is 17.1. The van der Waals surface area contributed by atoms with E-state index in [9.17, 15) is 4.79 Å². The number of thiazole rings is 1. The van der Waals surface area contributed by atoms with Crippen LogP contribution in [0.4, 0.5) is 5.13 Å². The maximum atomic E-state index is 12.5. The molecule has 3 rings (SSSR count).